The molecule has 0 saturated carbocycles. The van der Waals surface area contributed by atoms with Gasteiger partial charge >= 0.3 is 0 Å². The number of hydrogen-bond acceptors (Lipinski definition) is 2. The number of rotatable bonds is 6. The zero-order chi connectivity index (χ0) is 14.5. The number of halogens is 1. The fourth-order valence-electron chi connectivity index (χ4n) is 2.07. The summed E-state index contributed by atoms with van der Waals surface area (Å²) in [7, 11) is 0. The van der Waals surface area contributed by atoms with Gasteiger partial charge in [0.2, 0.25) is 0 Å². The summed E-state index contributed by atoms with van der Waals surface area (Å²) in [5.74, 6) is 0.246. The molecule has 3 nitrogen and oxygen atoms in total. The molecule has 0 aliphatic rings. The molecule has 4 heteroatoms. The van der Waals surface area contributed by atoms with Gasteiger partial charge in [-0.15, -0.1) is 0 Å². The molecule has 0 aliphatic carbocycles. The van der Waals surface area contributed by atoms with Gasteiger partial charge in [0.05, 0.1) is 5.60 Å². The Labute approximate surface area is 123 Å². The van der Waals surface area contributed by atoms with Gasteiger partial charge < -0.3 is 10.4 Å². The Bertz CT molecular complexity index is 413. The highest BCUT2D eigenvalue weighted by molar-refractivity contribution is 9.08. The van der Waals surface area contributed by atoms with Gasteiger partial charge in [-0.1, -0.05) is 41.9 Å². The van der Waals surface area contributed by atoms with Gasteiger partial charge in [-0.05, 0) is 37.0 Å². The first kappa shape index (κ1) is 16.2. The van der Waals surface area contributed by atoms with Crippen LogP contribution in [-0.4, -0.2) is 23.2 Å². The van der Waals surface area contributed by atoms with Crippen molar-refractivity contribution < 1.29 is 9.90 Å². The normalized spacial score (nSPS) is 14.2. The number of benzene rings is 1. The Morgan fingerprint density at radius 1 is 1.37 bits per heavy atom. The largest absolute Gasteiger partial charge is 0.388 e. The number of amides is 1. The zero-order valence-corrected chi connectivity index (χ0v) is 13.3. The average Bonchev–Trinajstić information content (AvgIpc) is 2.34. The molecular weight excluding hydrogens is 306 g/mol. The predicted molar refractivity (Wildman–Crippen MR) is 81.5 cm³/mol. The van der Waals surface area contributed by atoms with E-state index in [2.05, 4.69) is 35.1 Å². The van der Waals surface area contributed by atoms with Gasteiger partial charge in [-0.2, -0.15) is 0 Å². The van der Waals surface area contributed by atoms with Crippen molar-refractivity contribution in [1.29, 1.82) is 0 Å². The van der Waals surface area contributed by atoms with Crippen molar-refractivity contribution in [2.45, 2.75) is 38.1 Å². The second kappa shape index (κ2) is 7.06. The molecule has 1 rings (SSSR count). The molecular formula is C15H22BrNO2. The smallest absolute Gasteiger partial charge is 0.251 e. The van der Waals surface area contributed by atoms with Crippen LogP contribution in [0, 0.1) is 5.92 Å². The van der Waals surface area contributed by atoms with Crippen LogP contribution in [0.25, 0.3) is 0 Å². The molecule has 1 amide bonds. The van der Waals surface area contributed by atoms with Gasteiger partial charge in [0.15, 0.2) is 0 Å². The molecule has 1 aromatic carbocycles. The van der Waals surface area contributed by atoms with Crippen LogP contribution < -0.4 is 5.32 Å². The molecule has 2 N–H and O–H groups in total. The molecule has 1 unspecified atom stereocenters. The van der Waals surface area contributed by atoms with Crippen LogP contribution in [-0.2, 0) is 5.33 Å². The number of carbonyl (C=O) groups excluding carboxylic acids is 1. The highest BCUT2D eigenvalue weighted by Gasteiger charge is 2.22. The minimum atomic E-state index is -0.861. The van der Waals surface area contributed by atoms with Crippen LogP contribution in [0.4, 0.5) is 0 Å². The summed E-state index contributed by atoms with van der Waals surface area (Å²) in [6.07, 6.45) is 0.663. The molecule has 1 aromatic rings. The Morgan fingerprint density at radius 3 is 2.42 bits per heavy atom. The minimum absolute atomic E-state index is 0.148. The zero-order valence-electron chi connectivity index (χ0n) is 11.7. The number of carbonyl (C=O) groups is 1. The summed E-state index contributed by atoms with van der Waals surface area (Å²) < 4.78 is 0. The van der Waals surface area contributed by atoms with Crippen LogP contribution in [0.5, 0.6) is 0 Å². The molecule has 0 saturated heterocycles. The molecule has 1 atom stereocenters. The van der Waals surface area contributed by atoms with E-state index in [1.165, 1.54) is 0 Å². The van der Waals surface area contributed by atoms with E-state index in [4.69, 9.17) is 0 Å². The van der Waals surface area contributed by atoms with Gasteiger partial charge in [-0.25, -0.2) is 0 Å². The lowest BCUT2D eigenvalue weighted by Crippen LogP contribution is -2.41. The quantitative estimate of drug-likeness (QED) is 0.789. The van der Waals surface area contributed by atoms with Crippen LogP contribution in [0.15, 0.2) is 24.3 Å². The van der Waals surface area contributed by atoms with Crippen molar-refractivity contribution in [1.82, 2.24) is 5.32 Å². The summed E-state index contributed by atoms with van der Waals surface area (Å²) in [6, 6.07) is 7.41. The highest BCUT2D eigenvalue weighted by atomic mass is 79.9. The third-order valence-electron chi connectivity index (χ3n) is 2.85. The summed E-state index contributed by atoms with van der Waals surface area (Å²) in [4.78, 5) is 11.9. The standard InChI is InChI=1S/C15H22BrNO2/c1-11(2)8-15(3,19)10-17-14(18)13-6-4-12(9-16)5-7-13/h4-7,11,19H,8-10H2,1-3H3,(H,17,18). The van der Waals surface area contributed by atoms with Crippen LogP contribution in [0.2, 0.25) is 0 Å². The minimum Gasteiger partial charge on any atom is -0.388 e. The van der Waals surface area contributed by atoms with Crippen LogP contribution in [0.3, 0.4) is 0 Å². The maximum absolute atomic E-state index is 11.9. The molecule has 19 heavy (non-hydrogen) atoms. The second-order valence-electron chi connectivity index (χ2n) is 5.61. The number of alkyl halides is 1. The number of nitrogens with one attached hydrogen (secondary N) is 1. The van der Waals surface area contributed by atoms with Crippen LogP contribution >= 0.6 is 15.9 Å². The molecule has 0 aromatic heterocycles. The molecule has 0 bridgehead atoms. The maximum atomic E-state index is 11.9. The SMILES string of the molecule is CC(C)CC(C)(O)CNC(=O)c1ccc(CBr)cc1. The maximum Gasteiger partial charge on any atom is 0.251 e. The van der Waals surface area contributed by atoms with Crippen molar-refractivity contribution in [2.75, 3.05) is 6.54 Å². The lowest BCUT2D eigenvalue weighted by Gasteiger charge is -2.25. The topological polar surface area (TPSA) is 49.3 Å². The van der Waals surface area contributed by atoms with E-state index in [1.54, 1.807) is 19.1 Å². The predicted octanol–water partition coefficient (Wildman–Crippen LogP) is 3.11. The van der Waals surface area contributed by atoms with E-state index in [0.29, 0.717) is 17.9 Å². The Hall–Kier alpha value is -0.870. The van der Waals surface area contributed by atoms with Crippen molar-refractivity contribution in [3.63, 3.8) is 0 Å². The molecule has 106 valence electrons. The van der Waals surface area contributed by atoms with Crippen molar-refractivity contribution >= 4 is 21.8 Å². The molecule has 0 heterocycles. The monoisotopic (exact) mass is 327 g/mol. The summed E-state index contributed by atoms with van der Waals surface area (Å²) in [5, 5.41) is 13.7. The number of aliphatic hydroxyl groups is 1. The van der Waals surface area contributed by atoms with E-state index in [-0.39, 0.29) is 12.5 Å². The third-order valence-corrected chi connectivity index (χ3v) is 3.50. The van der Waals surface area contributed by atoms with Gasteiger partial charge in [0.25, 0.3) is 5.91 Å². The van der Waals surface area contributed by atoms with E-state index >= 15 is 0 Å². The Kier molecular flexibility index (Phi) is 6.01. The number of hydrogen-bond donors (Lipinski definition) is 2. The lowest BCUT2D eigenvalue weighted by molar-refractivity contribution is 0.0368. The fraction of sp³-hybridized carbons (Fsp3) is 0.533. The summed E-state index contributed by atoms with van der Waals surface area (Å²) in [5.41, 5.74) is 0.882. The van der Waals surface area contributed by atoms with Crippen molar-refractivity contribution in [2.24, 2.45) is 5.92 Å². The fourth-order valence-corrected chi connectivity index (χ4v) is 2.44. The van der Waals surface area contributed by atoms with E-state index in [0.717, 1.165) is 10.9 Å². The van der Waals surface area contributed by atoms with Crippen molar-refractivity contribution in [3.8, 4) is 0 Å². The van der Waals surface area contributed by atoms with Gasteiger partial charge in [0, 0.05) is 17.4 Å². The first-order chi connectivity index (χ1) is 8.84. The first-order valence-corrected chi connectivity index (χ1v) is 7.61. The van der Waals surface area contributed by atoms with Gasteiger partial charge in [-0.3, -0.25) is 4.79 Å². The lowest BCUT2D eigenvalue weighted by atomic mass is 9.94. The summed E-state index contributed by atoms with van der Waals surface area (Å²) in [6.45, 7) is 6.12. The van der Waals surface area contributed by atoms with Crippen molar-refractivity contribution in [3.05, 3.63) is 35.4 Å². The average molecular weight is 328 g/mol. The molecule has 0 spiro atoms. The molecule has 0 aliphatic heterocycles. The summed E-state index contributed by atoms with van der Waals surface area (Å²) >= 11 is 3.37. The highest BCUT2D eigenvalue weighted by Crippen LogP contribution is 2.15. The first-order valence-electron chi connectivity index (χ1n) is 6.49. The molecule has 0 radical (unpaired) electrons. The van der Waals surface area contributed by atoms with Gasteiger partial charge in [0.1, 0.15) is 0 Å². The molecule has 0 fully saturated rings. The van der Waals surface area contributed by atoms with E-state index in [9.17, 15) is 9.90 Å². The third kappa shape index (κ3) is 5.74. The second-order valence-corrected chi connectivity index (χ2v) is 6.17. The van der Waals surface area contributed by atoms with Crippen LogP contribution in [0.1, 0.15) is 43.1 Å². The Balaban J connectivity index is 2.55. The van der Waals surface area contributed by atoms with E-state index < -0.39 is 5.60 Å². The Morgan fingerprint density at radius 2 is 1.95 bits per heavy atom. The van der Waals surface area contributed by atoms with E-state index in [1.807, 2.05) is 12.1 Å².